The summed E-state index contributed by atoms with van der Waals surface area (Å²) in [6, 6.07) is 5.89. The summed E-state index contributed by atoms with van der Waals surface area (Å²) in [5, 5.41) is 0. The average Bonchev–Trinajstić information content (AvgIpc) is 2.61. The molecule has 0 aromatic heterocycles. The molecule has 0 radical (unpaired) electrons. The molecule has 1 aromatic carbocycles. The molecular formula is C21H33NO5. The fourth-order valence-electron chi connectivity index (χ4n) is 2.49. The minimum absolute atomic E-state index is 0.0574. The zero-order chi connectivity index (χ0) is 20.2. The molecule has 1 aromatic rings. The summed E-state index contributed by atoms with van der Waals surface area (Å²) in [7, 11) is 0. The number of aryl methyl sites for hydroxylation is 2. The van der Waals surface area contributed by atoms with Crippen molar-refractivity contribution >= 4 is 11.9 Å². The smallest absolute Gasteiger partial charge is 0.307 e. The Labute approximate surface area is 162 Å². The van der Waals surface area contributed by atoms with E-state index in [9.17, 15) is 9.59 Å². The molecule has 152 valence electrons. The second-order valence-corrected chi connectivity index (χ2v) is 6.77. The second kappa shape index (κ2) is 12.3. The lowest BCUT2D eigenvalue weighted by Crippen LogP contribution is -2.38. The summed E-state index contributed by atoms with van der Waals surface area (Å²) < 4.78 is 16.2. The molecule has 0 fully saturated rings. The van der Waals surface area contributed by atoms with Gasteiger partial charge in [0, 0.05) is 19.7 Å². The molecule has 0 saturated carbocycles. The van der Waals surface area contributed by atoms with Gasteiger partial charge in [-0.3, -0.25) is 9.59 Å². The highest BCUT2D eigenvalue weighted by molar-refractivity contribution is 5.78. The van der Waals surface area contributed by atoms with Crippen LogP contribution in [0.5, 0.6) is 5.75 Å². The molecule has 0 saturated heterocycles. The maximum Gasteiger partial charge on any atom is 0.307 e. The highest BCUT2D eigenvalue weighted by Gasteiger charge is 2.16. The number of hydrogen-bond donors (Lipinski definition) is 0. The van der Waals surface area contributed by atoms with Crippen LogP contribution in [-0.2, 0) is 19.1 Å². The standard InChI is InChI=1S/C21H33NO5/c1-6-25-21(24)10-12-22(11-7-13-26-16(2)3)20(23)15-27-19-14-17(4)8-9-18(19)5/h8-9,14,16H,6-7,10-13,15H2,1-5H3. The van der Waals surface area contributed by atoms with Crippen molar-refractivity contribution in [3.63, 3.8) is 0 Å². The lowest BCUT2D eigenvalue weighted by Gasteiger charge is -2.23. The third-order valence-corrected chi connectivity index (χ3v) is 3.96. The highest BCUT2D eigenvalue weighted by atomic mass is 16.5. The Morgan fingerprint density at radius 3 is 2.56 bits per heavy atom. The first-order valence-electron chi connectivity index (χ1n) is 9.58. The van der Waals surface area contributed by atoms with E-state index in [0.717, 1.165) is 11.1 Å². The zero-order valence-electron chi connectivity index (χ0n) is 17.2. The van der Waals surface area contributed by atoms with E-state index in [1.165, 1.54) is 0 Å². The fourth-order valence-corrected chi connectivity index (χ4v) is 2.49. The molecule has 1 amide bonds. The van der Waals surface area contributed by atoms with Gasteiger partial charge in [0.1, 0.15) is 5.75 Å². The van der Waals surface area contributed by atoms with Crippen molar-refractivity contribution in [2.24, 2.45) is 0 Å². The van der Waals surface area contributed by atoms with Crippen molar-refractivity contribution in [3.8, 4) is 5.75 Å². The van der Waals surface area contributed by atoms with Gasteiger partial charge in [0.05, 0.1) is 19.1 Å². The molecule has 6 heteroatoms. The van der Waals surface area contributed by atoms with Crippen molar-refractivity contribution in [1.82, 2.24) is 4.90 Å². The van der Waals surface area contributed by atoms with Crippen LogP contribution in [0.4, 0.5) is 0 Å². The first kappa shape index (κ1) is 23.0. The Hall–Kier alpha value is -2.08. The number of carbonyl (C=O) groups is 2. The van der Waals surface area contributed by atoms with E-state index in [-0.39, 0.29) is 31.0 Å². The van der Waals surface area contributed by atoms with Crippen molar-refractivity contribution in [3.05, 3.63) is 29.3 Å². The number of nitrogens with zero attached hydrogens (tertiary/aromatic N) is 1. The summed E-state index contributed by atoms with van der Waals surface area (Å²) in [5.74, 6) is 0.255. The van der Waals surface area contributed by atoms with E-state index < -0.39 is 0 Å². The van der Waals surface area contributed by atoms with Gasteiger partial charge in [-0.25, -0.2) is 0 Å². The van der Waals surface area contributed by atoms with E-state index in [1.807, 2.05) is 45.9 Å². The molecule has 1 rings (SSSR count). The summed E-state index contributed by atoms with van der Waals surface area (Å²) in [6.07, 6.45) is 1.03. The Morgan fingerprint density at radius 2 is 1.89 bits per heavy atom. The summed E-state index contributed by atoms with van der Waals surface area (Å²) in [5.41, 5.74) is 2.06. The predicted molar refractivity (Wildman–Crippen MR) is 105 cm³/mol. The lowest BCUT2D eigenvalue weighted by molar-refractivity contribution is -0.144. The van der Waals surface area contributed by atoms with Gasteiger partial charge < -0.3 is 19.1 Å². The van der Waals surface area contributed by atoms with Gasteiger partial charge >= 0.3 is 5.97 Å². The van der Waals surface area contributed by atoms with Crippen LogP contribution in [0.3, 0.4) is 0 Å². The van der Waals surface area contributed by atoms with Gasteiger partial charge in [-0.05, 0) is 58.2 Å². The van der Waals surface area contributed by atoms with Crippen molar-refractivity contribution in [2.45, 2.75) is 53.6 Å². The molecule has 0 aliphatic rings. The number of hydrogen-bond acceptors (Lipinski definition) is 5. The van der Waals surface area contributed by atoms with Gasteiger partial charge in [0.2, 0.25) is 0 Å². The first-order chi connectivity index (χ1) is 12.8. The van der Waals surface area contributed by atoms with E-state index in [1.54, 1.807) is 11.8 Å². The minimum atomic E-state index is -0.302. The molecule has 0 heterocycles. The molecule has 6 nitrogen and oxygen atoms in total. The largest absolute Gasteiger partial charge is 0.483 e. The number of rotatable bonds is 12. The van der Waals surface area contributed by atoms with Crippen LogP contribution in [0.1, 0.15) is 44.7 Å². The van der Waals surface area contributed by atoms with Gasteiger partial charge in [-0.15, -0.1) is 0 Å². The van der Waals surface area contributed by atoms with Crippen molar-refractivity contribution < 1.29 is 23.8 Å². The van der Waals surface area contributed by atoms with Crippen LogP contribution in [0.2, 0.25) is 0 Å². The number of esters is 1. The maximum absolute atomic E-state index is 12.6. The number of carbonyl (C=O) groups excluding carboxylic acids is 2. The van der Waals surface area contributed by atoms with Crippen LogP contribution in [-0.4, -0.2) is 55.8 Å². The highest BCUT2D eigenvalue weighted by Crippen LogP contribution is 2.19. The van der Waals surface area contributed by atoms with Gasteiger partial charge in [-0.1, -0.05) is 12.1 Å². The van der Waals surface area contributed by atoms with E-state index in [2.05, 4.69) is 0 Å². The molecular weight excluding hydrogens is 346 g/mol. The van der Waals surface area contributed by atoms with Crippen molar-refractivity contribution in [1.29, 1.82) is 0 Å². The van der Waals surface area contributed by atoms with Crippen LogP contribution < -0.4 is 4.74 Å². The third-order valence-electron chi connectivity index (χ3n) is 3.96. The molecule has 0 unspecified atom stereocenters. The summed E-state index contributed by atoms with van der Waals surface area (Å²) in [6.45, 7) is 11.3. The molecule has 27 heavy (non-hydrogen) atoms. The summed E-state index contributed by atoms with van der Waals surface area (Å²) >= 11 is 0. The van der Waals surface area contributed by atoms with Crippen LogP contribution in [0.25, 0.3) is 0 Å². The Balaban J connectivity index is 2.60. The molecule has 0 atom stereocenters. The molecule has 0 bridgehead atoms. The molecule has 0 aliphatic carbocycles. The maximum atomic E-state index is 12.6. The van der Waals surface area contributed by atoms with Gasteiger partial charge in [-0.2, -0.15) is 0 Å². The molecule has 0 aliphatic heterocycles. The minimum Gasteiger partial charge on any atom is -0.483 e. The zero-order valence-corrected chi connectivity index (χ0v) is 17.2. The lowest BCUT2D eigenvalue weighted by atomic mass is 10.1. The summed E-state index contributed by atoms with van der Waals surface area (Å²) in [4.78, 5) is 25.9. The topological polar surface area (TPSA) is 65.1 Å². The first-order valence-corrected chi connectivity index (χ1v) is 9.58. The number of amides is 1. The van der Waals surface area contributed by atoms with E-state index in [4.69, 9.17) is 14.2 Å². The Morgan fingerprint density at radius 1 is 1.15 bits per heavy atom. The monoisotopic (exact) mass is 379 g/mol. The van der Waals surface area contributed by atoms with Crippen LogP contribution >= 0.6 is 0 Å². The molecule has 0 spiro atoms. The quantitative estimate of drug-likeness (QED) is 0.412. The number of ether oxygens (including phenoxy) is 3. The number of benzene rings is 1. The molecule has 0 N–H and O–H groups in total. The SMILES string of the molecule is CCOC(=O)CCN(CCCOC(C)C)C(=O)COc1cc(C)ccc1C. The average molecular weight is 379 g/mol. The van der Waals surface area contributed by atoms with E-state index >= 15 is 0 Å². The van der Waals surface area contributed by atoms with E-state index in [0.29, 0.717) is 38.5 Å². The van der Waals surface area contributed by atoms with Crippen LogP contribution in [0.15, 0.2) is 18.2 Å². The Kier molecular flexibility index (Phi) is 10.5. The van der Waals surface area contributed by atoms with Gasteiger partial charge in [0.25, 0.3) is 5.91 Å². The fraction of sp³-hybridized carbons (Fsp3) is 0.619. The van der Waals surface area contributed by atoms with Crippen molar-refractivity contribution in [2.75, 3.05) is 32.9 Å². The van der Waals surface area contributed by atoms with Crippen LogP contribution in [0, 0.1) is 13.8 Å². The second-order valence-electron chi connectivity index (χ2n) is 6.77. The van der Waals surface area contributed by atoms with Gasteiger partial charge in [0.15, 0.2) is 6.61 Å². The normalized spacial score (nSPS) is 10.7. The third kappa shape index (κ3) is 9.43. The predicted octanol–water partition coefficient (Wildman–Crippen LogP) is 3.28. The Bertz CT molecular complexity index is 600.